The van der Waals surface area contributed by atoms with Gasteiger partial charge in [0.2, 0.25) is 0 Å². The van der Waals surface area contributed by atoms with Crippen LogP contribution in [-0.4, -0.2) is 46.1 Å². The highest BCUT2D eigenvalue weighted by atomic mass is 19.4. The molecule has 1 fully saturated rings. The number of hydrogen-bond donors (Lipinski definition) is 2. The maximum absolute atomic E-state index is 12.7. The summed E-state index contributed by atoms with van der Waals surface area (Å²) in [5.41, 5.74) is 10.0. The van der Waals surface area contributed by atoms with Crippen LogP contribution in [0.1, 0.15) is 12.0 Å². The second-order valence-corrected chi connectivity index (χ2v) is 6.36. The van der Waals surface area contributed by atoms with E-state index in [-0.39, 0.29) is 19.4 Å². The zero-order valence-corrected chi connectivity index (χ0v) is 14.3. The molecule has 0 bridgehead atoms. The second-order valence-electron chi connectivity index (χ2n) is 6.36. The lowest BCUT2D eigenvalue weighted by atomic mass is 9.92. The van der Waals surface area contributed by atoms with Crippen molar-refractivity contribution in [2.75, 3.05) is 12.3 Å². The molecule has 2 aromatic rings. The van der Waals surface area contributed by atoms with Gasteiger partial charge in [0.25, 0.3) is 5.91 Å². The number of likely N-dealkylation sites (tertiary alicyclic amines) is 1. The number of ether oxygens (including phenoxy) is 1. The Morgan fingerprint density at radius 2 is 2.00 bits per heavy atom. The molecule has 3 amide bonds. The Morgan fingerprint density at radius 1 is 1.29 bits per heavy atom. The molecule has 1 saturated heterocycles. The first kappa shape index (κ1) is 19.4. The number of nitrogen functional groups attached to an aromatic ring is 1. The summed E-state index contributed by atoms with van der Waals surface area (Å²) in [6.45, 7) is -0.266. The Balaban J connectivity index is 1.99. The van der Waals surface area contributed by atoms with E-state index in [4.69, 9.17) is 11.5 Å². The first-order chi connectivity index (χ1) is 13.0. The molecular formula is C17H15F3N4O4. The lowest BCUT2D eigenvalue weighted by Gasteiger charge is -2.28. The largest absolute Gasteiger partial charge is 0.490 e. The number of carbonyl (C=O) groups excluding carboxylic acids is 3. The summed E-state index contributed by atoms with van der Waals surface area (Å²) >= 11 is 0. The number of primary amides is 1. The average Bonchev–Trinajstić information content (AvgIpc) is 2.91. The number of hydrogen-bond acceptors (Lipinski definition) is 6. The van der Waals surface area contributed by atoms with Crippen LogP contribution in [0.15, 0.2) is 30.5 Å². The topological polar surface area (TPSA) is 129 Å². The summed E-state index contributed by atoms with van der Waals surface area (Å²) in [5, 5.41) is 0.615. The summed E-state index contributed by atoms with van der Waals surface area (Å²) in [7, 11) is 0. The number of nitrogens with zero attached hydrogens (tertiary/aromatic N) is 2. The summed E-state index contributed by atoms with van der Waals surface area (Å²) in [6.07, 6.45) is -4.55. The molecule has 1 aromatic heterocycles. The van der Waals surface area contributed by atoms with E-state index in [0.29, 0.717) is 27.1 Å². The number of fused-ring (bicyclic) bond motifs is 1. The van der Waals surface area contributed by atoms with E-state index in [2.05, 4.69) is 9.72 Å². The van der Waals surface area contributed by atoms with Crippen molar-refractivity contribution in [3.63, 3.8) is 0 Å². The highest BCUT2D eigenvalue weighted by Gasteiger charge is 2.55. The van der Waals surface area contributed by atoms with E-state index < -0.39 is 29.7 Å². The number of carbonyl (C=O) groups is 3. The zero-order chi connectivity index (χ0) is 20.7. The van der Waals surface area contributed by atoms with Crippen molar-refractivity contribution < 1.29 is 32.3 Å². The number of benzene rings is 1. The van der Waals surface area contributed by atoms with Crippen LogP contribution < -0.4 is 11.5 Å². The fraction of sp³-hybridized carbons (Fsp3) is 0.294. The second kappa shape index (κ2) is 6.66. The Kier molecular flexibility index (Phi) is 4.61. The minimum atomic E-state index is -5.30. The number of pyridine rings is 1. The highest BCUT2D eigenvalue weighted by Crippen LogP contribution is 2.34. The average molecular weight is 396 g/mol. The molecule has 3 rings (SSSR count). The lowest BCUT2D eigenvalue weighted by Crippen LogP contribution is -2.50. The van der Waals surface area contributed by atoms with Crippen molar-refractivity contribution in [3.8, 4) is 0 Å². The van der Waals surface area contributed by atoms with Crippen molar-refractivity contribution in [2.45, 2.75) is 24.6 Å². The van der Waals surface area contributed by atoms with Gasteiger partial charge in [-0.05, 0) is 17.7 Å². The number of imide groups is 1. The number of amides is 3. The number of alkyl halides is 3. The molecule has 8 nitrogen and oxygen atoms in total. The van der Waals surface area contributed by atoms with Gasteiger partial charge in [-0.1, -0.05) is 12.1 Å². The monoisotopic (exact) mass is 396 g/mol. The molecule has 4 N–H and O–H groups in total. The Labute approximate surface area is 156 Å². The molecule has 1 aromatic carbocycles. The lowest BCUT2D eigenvalue weighted by molar-refractivity contribution is -0.213. The van der Waals surface area contributed by atoms with Crippen LogP contribution in [0.3, 0.4) is 0 Å². The Morgan fingerprint density at radius 3 is 2.61 bits per heavy atom. The Hall–Kier alpha value is -3.37. The van der Waals surface area contributed by atoms with Crippen molar-refractivity contribution in [1.82, 2.24) is 9.88 Å². The molecule has 0 radical (unpaired) electrons. The summed E-state index contributed by atoms with van der Waals surface area (Å²) in [6, 6.07) is 5.10. The molecule has 2 heterocycles. The third-order valence-corrected chi connectivity index (χ3v) is 4.49. The standard InChI is InChI=1S/C17H15F3N4O4/c18-17(19,20)14(26)28-16(4-6-24(13(16)25)15(22)27)8-9-1-2-10-11(21)3-5-23-12(10)7-9/h1-3,5,7H,4,6,8H2,(H2,21,23)(H2,22,27)/t16-/m1/s1. The van der Waals surface area contributed by atoms with Crippen LogP contribution in [0.25, 0.3) is 10.9 Å². The minimum absolute atomic E-state index is 0.266. The van der Waals surface area contributed by atoms with Crippen LogP contribution in [-0.2, 0) is 20.7 Å². The predicted octanol–water partition coefficient (Wildman–Crippen LogP) is 1.51. The maximum atomic E-state index is 12.7. The molecule has 0 aliphatic carbocycles. The molecule has 0 unspecified atom stereocenters. The van der Waals surface area contributed by atoms with Gasteiger partial charge in [0, 0.05) is 36.7 Å². The van der Waals surface area contributed by atoms with Gasteiger partial charge in [0.05, 0.1) is 5.52 Å². The molecular weight excluding hydrogens is 381 g/mol. The van der Waals surface area contributed by atoms with Crippen molar-refractivity contribution in [3.05, 3.63) is 36.0 Å². The van der Waals surface area contributed by atoms with Crippen LogP contribution in [0.5, 0.6) is 0 Å². The fourth-order valence-electron chi connectivity index (χ4n) is 3.14. The van der Waals surface area contributed by atoms with Crippen molar-refractivity contribution in [2.24, 2.45) is 5.73 Å². The van der Waals surface area contributed by atoms with Gasteiger partial charge in [0.15, 0.2) is 5.60 Å². The predicted molar refractivity (Wildman–Crippen MR) is 90.7 cm³/mol. The van der Waals surface area contributed by atoms with Crippen molar-refractivity contribution >= 4 is 34.5 Å². The van der Waals surface area contributed by atoms with E-state index in [1.54, 1.807) is 12.1 Å². The van der Waals surface area contributed by atoms with Crippen LogP contribution in [0, 0.1) is 0 Å². The molecule has 28 heavy (non-hydrogen) atoms. The van der Waals surface area contributed by atoms with E-state index in [1.165, 1.54) is 18.3 Å². The van der Waals surface area contributed by atoms with Crippen molar-refractivity contribution in [1.29, 1.82) is 0 Å². The van der Waals surface area contributed by atoms with Gasteiger partial charge < -0.3 is 16.2 Å². The van der Waals surface area contributed by atoms with Gasteiger partial charge in [-0.3, -0.25) is 14.7 Å². The van der Waals surface area contributed by atoms with Crippen LogP contribution in [0.4, 0.5) is 23.7 Å². The molecule has 0 saturated carbocycles. The first-order valence-corrected chi connectivity index (χ1v) is 8.08. The molecule has 148 valence electrons. The number of esters is 1. The number of urea groups is 1. The smallest absolute Gasteiger partial charge is 0.442 e. The zero-order valence-electron chi connectivity index (χ0n) is 14.3. The van der Waals surface area contributed by atoms with Crippen LogP contribution in [0.2, 0.25) is 0 Å². The van der Waals surface area contributed by atoms with E-state index in [0.717, 1.165) is 0 Å². The minimum Gasteiger partial charge on any atom is -0.442 e. The summed E-state index contributed by atoms with van der Waals surface area (Å²) < 4.78 is 42.8. The van der Waals surface area contributed by atoms with Gasteiger partial charge in [0.1, 0.15) is 0 Å². The fourth-order valence-corrected chi connectivity index (χ4v) is 3.14. The highest BCUT2D eigenvalue weighted by molar-refractivity contribution is 6.01. The summed E-state index contributed by atoms with van der Waals surface area (Å²) in [4.78, 5) is 40.1. The summed E-state index contributed by atoms with van der Waals surface area (Å²) in [5.74, 6) is -3.62. The Bertz CT molecular complexity index is 979. The van der Waals surface area contributed by atoms with E-state index >= 15 is 0 Å². The SMILES string of the molecule is NC(=O)N1CC[C@](Cc2ccc3c(N)ccnc3c2)(OC(=O)C(F)(F)F)C1=O. The van der Waals surface area contributed by atoms with E-state index in [9.17, 15) is 27.6 Å². The normalized spacial score (nSPS) is 19.8. The third kappa shape index (κ3) is 3.42. The van der Waals surface area contributed by atoms with Crippen LogP contribution >= 0.6 is 0 Å². The number of rotatable bonds is 3. The number of aromatic nitrogens is 1. The number of halogens is 3. The third-order valence-electron chi connectivity index (χ3n) is 4.49. The first-order valence-electron chi connectivity index (χ1n) is 8.08. The number of nitrogens with two attached hydrogens (primary N) is 2. The molecule has 11 heteroatoms. The quantitative estimate of drug-likeness (QED) is 0.757. The molecule has 1 atom stereocenters. The van der Waals surface area contributed by atoms with Gasteiger partial charge in [-0.15, -0.1) is 0 Å². The van der Waals surface area contributed by atoms with E-state index in [1.807, 2.05) is 0 Å². The van der Waals surface area contributed by atoms with Gasteiger partial charge in [-0.25, -0.2) is 9.59 Å². The molecule has 0 spiro atoms. The molecule has 1 aliphatic rings. The van der Waals surface area contributed by atoms with Gasteiger partial charge in [-0.2, -0.15) is 13.2 Å². The number of anilines is 1. The molecule has 1 aliphatic heterocycles. The van der Waals surface area contributed by atoms with Gasteiger partial charge >= 0.3 is 18.2 Å². The maximum Gasteiger partial charge on any atom is 0.490 e.